The Balaban J connectivity index is 3.01. The van der Waals surface area contributed by atoms with Crippen molar-refractivity contribution in [2.75, 3.05) is 25.9 Å². The van der Waals surface area contributed by atoms with Gasteiger partial charge in [-0.05, 0) is 12.1 Å². The zero-order valence-corrected chi connectivity index (χ0v) is 10.2. The number of amides is 1. The lowest BCUT2D eigenvalue weighted by Gasteiger charge is -2.16. The number of likely N-dealkylation sites (N-methyl/N-ethyl adjacent to an activating group) is 1. The predicted octanol–water partition coefficient (Wildman–Crippen LogP) is 1.64. The number of halogens is 2. The largest absolute Gasteiger partial charge is 0.397 e. The van der Waals surface area contributed by atoms with E-state index in [-0.39, 0.29) is 34.8 Å². The van der Waals surface area contributed by atoms with Gasteiger partial charge in [-0.25, -0.2) is 0 Å². The molecular weight excluding hydrogens is 251 g/mol. The first-order chi connectivity index (χ1) is 7.47. The van der Waals surface area contributed by atoms with Crippen LogP contribution in [0.15, 0.2) is 12.1 Å². The molecule has 1 amide bonds. The summed E-state index contributed by atoms with van der Waals surface area (Å²) in [5, 5.41) is 9.20. The number of nitrogens with zero attached hydrogens (tertiary/aromatic N) is 1. The SMILES string of the molecule is CN(CCO)C(=O)c1cc(N)c(Cl)c(Cl)c1. The van der Waals surface area contributed by atoms with E-state index in [0.29, 0.717) is 5.56 Å². The van der Waals surface area contributed by atoms with E-state index < -0.39 is 0 Å². The fraction of sp³-hybridized carbons (Fsp3) is 0.300. The molecular formula is C10H12Cl2N2O2. The van der Waals surface area contributed by atoms with Crippen LogP contribution in [-0.4, -0.2) is 36.1 Å². The molecule has 4 nitrogen and oxygen atoms in total. The summed E-state index contributed by atoms with van der Waals surface area (Å²) >= 11 is 11.6. The standard InChI is InChI=1S/C10H12Cl2N2O2/c1-14(2-3-15)10(16)6-4-7(11)9(12)8(13)5-6/h4-5,15H,2-3,13H2,1H3. The second kappa shape index (κ2) is 5.39. The maximum absolute atomic E-state index is 11.8. The third kappa shape index (κ3) is 2.78. The molecule has 1 rings (SSSR count). The van der Waals surface area contributed by atoms with Gasteiger partial charge in [0, 0.05) is 19.2 Å². The molecule has 0 bridgehead atoms. The quantitative estimate of drug-likeness (QED) is 0.814. The number of nitrogen functional groups attached to an aromatic ring is 1. The van der Waals surface area contributed by atoms with Gasteiger partial charge in [0.2, 0.25) is 0 Å². The van der Waals surface area contributed by atoms with Gasteiger partial charge >= 0.3 is 0 Å². The van der Waals surface area contributed by atoms with Gasteiger partial charge in [0.1, 0.15) is 0 Å². The third-order valence-corrected chi connectivity index (χ3v) is 2.90. The minimum atomic E-state index is -0.265. The Kier molecular flexibility index (Phi) is 4.41. The Labute approximate surface area is 104 Å². The van der Waals surface area contributed by atoms with E-state index in [4.69, 9.17) is 34.0 Å². The molecule has 0 aliphatic heterocycles. The Morgan fingerprint density at radius 2 is 2.12 bits per heavy atom. The minimum Gasteiger partial charge on any atom is -0.397 e. The summed E-state index contributed by atoms with van der Waals surface area (Å²) < 4.78 is 0. The predicted molar refractivity (Wildman–Crippen MR) is 64.9 cm³/mol. The molecule has 0 unspecified atom stereocenters. The molecule has 1 aromatic rings. The van der Waals surface area contributed by atoms with Crippen molar-refractivity contribution in [1.29, 1.82) is 0 Å². The molecule has 0 atom stereocenters. The van der Waals surface area contributed by atoms with E-state index in [9.17, 15) is 4.79 Å². The summed E-state index contributed by atoms with van der Waals surface area (Å²) in [6.07, 6.45) is 0. The van der Waals surface area contributed by atoms with Crippen LogP contribution < -0.4 is 5.73 Å². The molecule has 6 heteroatoms. The van der Waals surface area contributed by atoms with E-state index in [0.717, 1.165) is 0 Å². The van der Waals surface area contributed by atoms with Crippen LogP contribution >= 0.6 is 23.2 Å². The summed E-state index contributed by atoms with van der Waals surface area (Å²) in [7, 11) is 1.58. The average molecular weight is 263 g/mol. The molecule has 0 saturated carbocycles. The fourth-order valence-corrected chi connectivity index (χ4v) is 1.54. The Morgan fingerprint density at radius 1 is 1.50 bits per heavy atom. The van der Waals surface area contributed by atoms with E-state index >= 15 is 0 Å². The molecule has 0 radical (unpaired) electrons. The third-order valence-electron chi connectivity index (χ3n) is 2.09. The smallest absolute Gasteiger partial charge is 0.253 e. The number of rotatable bonds is 3. The summed E-state index contributed by atoms with van der Waals surface area (Å²) in [6.45, 7) is 0.151. The molecule has 0 saturated heterocycles. The van der Waals surface area contributed by atoms with E-state index in [2.05, 4.69) is 0 Å². The van der Waals surface area contributed by atoms with Crippen LogP contribution in [0.3, 0.4) is 0 Å². The monoisotopic (exact) mass is 262 g/mol. The molecule has 16 heavy (non-hydrogen) atoms. The van der Waals surface area contributed by atoms with Gasteiger partial charge in [0.15, 0.2) is 0 Å². The Bertz CT molecular complexity index is 387. The van der Waals surface area contributed by atoms with Crippen molar-refractivity contribution in [1.82, 2.24) is 4.90 Å². The number of nitrogens with two attached hydrogens (primary N) is 1. The summed E-state index contributed by atoms with van der Waals surface area (Å²) in [5.41, 5.74) is 6.21. The number of carbonyl (C=O) groups excluding carboxylic acids is 1. The molecule has 0 spiro atoms. The summed E-state index contributed by atoms with van der Waals surface area (Å²) in [5.74, 6) is -0.265. The maximum Gasteiger partial charge on any atom is 0.253 e. The first-order valence-corrected chi connectivity index (χ1v) is 5.33. The Morgan fingerprint density at radius 3 is 2.62 bits per heavy atom. The van der Waals surface area contributed by atoms with Gasteiger partial charge in [0.05, 0.1) is 22.3 Å². The normalized spacial score (nSPS) is 10.2. The number of anilines is 1. The van der Waals surface area contributed by atoms with Gasteiger partial charge in [-0.1, -0.05) is 23.2 Å². The number of carbonyl (C=O) groups is 1. The van der Waals surface area contributed by atoms with Crippen LogP contribution in [0.4, 0.5) is 5.69 Å². The molecule has 0 fully saturated rings. The van der Waals surface area contributed by atoms with Crippen molar-refractivity contribution >= 4 is 34.8 Å². The minimum absolute atomic E-state index is 0.0982. The first kappa shape index (κ1) is 13.1. The Hall–Kier alpha value is -0.970. The second-order valence-electron chi connectivity index (χ2n) is 3.31. The van der Waals surface area contributed by atoms with Gasteiger partial charge < -0.3 is 15.7 Å². The zero-order chi connectivity index (χ0) is 12.3. The lowest BCUT2D eigenvalue weighted by atomic mass is 10.2. The highest BCUT2D eigenvalue weighted by Gasteiger charge is 2.14. The van der Waals surface area contributed by atoms with Crippen molar-refractivity contribution in [2.45, 2.75) is 0 Å². The topological polar surface area (TPSA) is 66.6 Å². The lowest BCUT2D eigenvalue weighted by Crippen LogP contribution is -2.29. The van der Waals surface area contributed by atoms with Crippen molar-refractivity contribution < 1.29 is 9.90 Å². The van der Waals surface area contributed by atoms with E-state index in [1.54, 1.807) is 7.05 Å². The highest BCUT2D eigenvalue weighted by molar-refractivity contribution is 6.43. The molecule has 1 aromatic carbocycles. The first-order valence-electron chi connectivity index (χ1n) is 4.58. The van der Waals surface area contributed by atoms with Crippen LogP contribution in [0.5, 0.6) is 0 Å². The summed E-state index contributed by atoms with van der Waals surface area (Å²) in [4.78, 5) is 13.2. The van der Waals surface area contributed by atoms with Gasteiger partial charge in [-0.2, -0.15) is 0 Å². The number of benzene rings is 1. The highest BCUT2D eigenvalue weighted by atomic mass is 35.5. The van der Waals surface area contributed by atoms with Gasteiger partial charge in [-0.15, -0.1) is 0 Å². The number of aliphatic hydroxyl groups is 1. The van der Waals surface area contributed by atoms with Gasteiger partial charge in [0.25, 0.3) is 5.91 Å². The average Bonchev–Trinajstić information content (AvgIpc) is 2.24. The molecule has 88 valence electrons. The molecule has 0 heterocycles. The number of aliphatic hydroxyl groups excluding tert-OH is 1. The van der Waals surface area contributed by atoms with Crippen molar-refractivity contribution in [3.05, 3.63) is 27.7 Å². The zero-order valence-electron chi connectivity index (χ0n) is 8.70. The molecule has 0 aliphatic rings. The van der Waals surface area contributed by atoms with Crippen LogP contribution in [0.2, 0.25) is 10.0 Å². The number of hydrogen-bond donors (Lipinski definition) is 2. The van der Waals surface area contributed by atoms with Gasteiger partial charge in [-0.3, -0.25) is 4.79 Å². The second-order valence-corrected chi connectivity index (χ2v) is 4.10. The van der Waals surface area contributed by atoms with Crippen LogP contribution in [0.25, 0.3) is 0 Å². The molecule has 3 N–H and O–H groups in total. The van der Waals surface area contributed by atoms with Crippen LogP contribution in [0.1, 0.15) is 10.4 Å². The lowest BCUT2D eigenvalue weighted by molar-refractivity contribution is 0.0767. The van der Waals surface area contributed by atoms with Crippen molar-refractivity contribution in [2.24, 2.45) is 0 Å². The number of hydrogen-bond acceptors (Lipinski definition) is 3. The molecule has 0 aliphatic carbocycles. The summed E-state index contributed by atoms with van der Waals surface area (Å²) in [6, 6.07) is 2.92. The van der Waals surface area contributed by atoms with E-state index in [1.807, 2.05) is 0 Å². The van der Waals surface area contributed by atoms with Crippen molar-refractivity contribution in [3.63, 3.8) is 0 Å². The van der Waals surface area contributed by atoms with E-state index in [1.165, 1.54) is 17.0 Å². The van der Waals surface area contributed by atoms with Crippen LogP contribution in [-0.2, 0) is 0 Å². The molecule has 0 aromatic heterocycles. The van der Waals surface area contributed by atoms with Crippen molar-refractivity contribution in [3.8, 4) is 0 Å². The highest BCUT2D eigenvalue weighted by Crippen LogP contribution is 2.29. The fourth-order valence-electron chi connectivity index (χ4n) is 1.21. The van der Waals surface area contributed by atoms with Crippen LogP contribution in [0, 0.1) is 0 Å². The maximum atomic E-state index is 11.8.